The highest BCUT2D eigenvalue weighted by atomic mass is 16.5. The highest BCUT2D eigenvalue weighted by molar-refractivity contribution is 5.79. The predicted molar refractivity (Wildman–Crippen MR) is 80.4 cm³/mol. The fourth-order valence-corrected chi connectivity index (χ4v) is 4.26. The summed E-state index contributed by atoms with van der Waals surface area (Å²) in [5.74, 6) is 0.559. The Bertz CT molecular complexity index is 341. The largest absolute Gasteiger partial charge is 0.468 e. The number of rotatable bonds is 4. The third kappa shape index (κ3) is 3.34. The molecule has 2 rings (SSSR count). The maximum Gasteiger partial charge on any atom is 0.325 e. The van der Waals surface area contributed by atoms with Gasteiger partial charge in [0.15, 0.2) is 0 Å². The van der Waals surface area contributed by atoms with Crippen molar-refractivity contribution in [2.75, 3.05) is 13.7 Å². The number of piperidine rings is 1. The lowest BCUT2D eigenvalue weighted by Gasteiger charge is -2.48. The zero-order chi connectivity index (χ0) is 14.8. The zero-order valence-corrected chi connectivity index (χ0v) is 13.2. The monoisotopic (exact) mass is 282 g/mol. The van der Waals surface area contributed by atoms with E-state index in [0.29, 0.717) is 18.5 Å². The molecule has 0 amide bonds. The maximum absolute atomic E-state index is 11.8. The Morgan fingerprint density at radius 3 is 2.70 bits per heavy atom. The van der Waals surface area contributed by atoms with Gasteiger partial charge in [0.2, 0.25) is 0 Å². The second-order valence-electron chi connectivity index (χ2n) is 6.95. The van der Waals surface area contributed by atoms with Gasteiger partial charge >= 0.3 is 5.97 Å². The summed E-state index contributed by atoms with van der Waals surface area (Å²) in [5, 5.41) is 0. The lowest BCUT2D eigenvalue weighted by Crippen LogP contribution is -2.55. The average Bonchev–Trinajstić information content (AvgIpc) is 2.45. The highest BCUT2D eigenvalue weighted by Crippen LogP contribution is 2.37. The molecule has 1 aliphatic heterocycles. The Labute approximate surface area is 123 Å². The number of methoxy groups -OCH3 is 1. The van der Waals surface area contributed by atoms with Gasteiger partial charge in [-0.05, 0) is 58.4 Å². The van der Waals surface area contributed by atoms with Gasteiger partial charge in [-0.1, -0.05) is 12.8 Å². The summed E-state index contributed by atoms with van der Waals surface area (Å²) in [6.07, 6.45) is 8.76. The van der Waals surface area contributed by atoms with Gasteiger partial charge in [-0.25, -0.2) is 0 Å². The lowest BCUT2D eigenvalue weighted by molar-refractivity contribution is -0.147. The first-order valence-corrected chi connectivity index (χ1v) is 8.09. The van der Waals surface area contributed by atoms with Crippen LogP contribution in [0.2, 0.25) is 0 Å². The van der Waals surface area contributed by atoms with Crippen molar-refractivity contribution in [3.05, 3.63) is 0 Å². The fourth-order valence-electron chi connectivity index (χ4n) is 4.26. The van der Waals surface area contributed by atoms with Crippen molar-refractivity contribution < 1.29 is 9.53 Å². The second kappa shape index (κ2) is 6.44. The van der Waals surface area contributed by atoms with Crippen molar-refractivity contribution in [2.24, 2.45) is 11.7 Å². The summed E-state index contributed by atoms with van der Waals surface area (Å²) in [4.78, 5) is 14.4. The van der Waals surface area contributed by atoms with Crippen LogP contribution in [0, 0.1) is 5.92 Å². The number of ether oxygens (including phenoxy) is 1. The first-order chi connectivity index (χ1) is 9.45. The minimum atomic E-state index is -0.879. The molecular formula is C16H30N2O2. The molecule has 116 valence electrons. The molecule has 0 aromatic heterocycles. The van der Waals surface area contributed by atoms with E-state index in [1.807, 2.05) is 0 Å². The van der Waals surface area contributed by atoms with Gasteiger partial charge in [0.05, 0.1) is 7.11 Å². The van der Waals surface area contributed by atoms with E-state index in [1.54, 1.807) is 6.92 Å². The highest BCUT2D eigenvalue weighted by Gasteiger charge is 2.39. The third-order valence-electron chi connectivity index (χ3n) is 5.22. The van der Waals surface area contributed by atoms with E-state index in [-0.39, 0.29) is 5.97 Å². The molecule has 4 atom stereocenters. The van der Waals surface area contributed by atoms with E-state index >= 15 is 0 Å². The summed E-state index contributed by atoms with van der Waals surface area (Å²) >= 11 is 0. The number of esters is 1. The van der Waals surface area contributed by atoms with Crippen molar-refractivity contribution in [1.82, 2.24) is 4.90 Å². The van der Waals surface area contributed by atoms with E-state index < -0.39 is 5.54 Å². The fraction of sp³-hybridized carbons (Fsp3) is 0.938. The van der Waals surface area contributed by atoms with E-state index in [9.17, 15) is 4.79 Å². The molecule has 1 saturated heterocycles. The maximum atomic E-state index is 11.8. The molecule has 20 heavy (non-hydrogen) atoms. The van der Waals surface area contributed by atoms with Crippen LogP contribution in [0.5, 0.6) is 0 Å². The van der Waals surface area contributed by atoms with Crippen molar-refractivity contribution in [3.63, 3.8) is 0 Å². The number of nitrogens with two attached hydrogens (primary N) is 1. The van der Waals surface area contributed by atoms with Gasteiger partial charge in [0, 0.05) is 12.1 Å². The van der Waals surface area contributed by atoms with Gasteiger partial charge in [0.25, 0.3) is 0 Å². The molecule has 1 aliphatic carbocycles. The molecule has 2 aliphatic rings. The lowest BCUT2D eigenvalue weighted by atomic mass is 9.77. The zero-order valence-electron chi connectivity index (χ0n) is 13.2. The molecule has 4 heteroatoms. The first kappa shape index (κ1) is 15.8. The summed E-state index contributed by atoms with van der Waals surface area (Å²) in [7, 11) is 1.41. The summed E-state index contributed by atoms with van der Waals surface area (Å²) < 4.78 is 4.83. The Hall–Kier alpha value is -0.610. The van der Waals surface area contributed by atoms with E-state index in [2.05, 4.69) is 11.8 Å². The SMILES string of the molecule is COC(=O)C(C)(N)CC(C)N1CCC[C@H]2CCCC[C@H]21. The molecule has 2 fully saturated rings. The Kier molecular flexibility index (Phi) is 5.08. The third-order valence-corrected chi connectivity index (χ3v) is 5.22. The van der Waals surface area contributed by atoms with E-state index in [1.165, 1.54) is 45.6 Å². The Morgan fingerprint density at radius 2 is 2.00 bits per heavy atom. The number of hydrogen-bond acceptors (Lipinski definition) is 4. The molecule has 0 aromatic carbocycles. The van der Waals surface area contributed by atoms with Crippen molar-refractivity contribution in [3.8, 4) is 0 Å². The van der Waals surface area contributed by atoms with E-state index in [0.717, 1.165) is 12.5 Å². The first-order valence-electron chi connectivity index (χ1n) is 8.09. The topological polar surface area (TPSA) is 55.6 Å². The van der Waals surface area contributed by atoms with Crippen LogP contribution < -0.4 is 5.73 Å². The molecular weight excluding hydrogens is 252 g/mol. The summed E-state index contributed by atoms with van der Waals surface area (Å²) in [6, 6.07) is 1.05. The Morgan fingerprint density at radius 1 is 1.35 bits per heavy atom. The molecule has 0 aromatic rings. The molecule has 0 bridgehead atoms. The molecule has 0 spiro atoms. The Balaban J connectivity index is 2.00. The van der Waals surface area contributed by atoms with Crippen LogP contribution in [-0.4, -0.2) is 42.1 Å². The second-order valence-corrected chi connectivity index (χ2v) is 6.95. The van der Waals surface area contributed by atoms with Crippen LogP contribution in [-0.2, 0) is 9.53 Å². The molecule has 2 unspecified atom stereocenters. The molecule has 1 saturated carbocycles. The summed E-state index contributed by atoms with van der Waals surface area (Å²) in [5.41, 5.74) is 5.27. The number of carbonyl (C=O) groups excluding carboxylic acids is 1. The normalized spacial score (nSPS) is 32.0. The number of carbonyl (C=O) groups is 1. The smallest absolute Gasteiger partial charge is 0.325 e. The predicted octanol–water partition coefficient (Wildman–Crippen LogP) is 2.31. The quantitative estimate of drug-likeness (QED) is 0.804. The number of likely N-dealkylation sites (tertiary alicyclic amines) is 1. The van der Waals surface area contributed by atoms with Gasteiger partial charge < -0.3 is 10.5 Å². The number of fused-ring (bicyclic) bond motifs is 1. The number of nitrogens with zero attached hydrogens (tertiary/aromatic N) is 1. The van der Waals surface area contributed by atoms with Crippen molar-refractivity contribution in [1.29, 1.82) is 0 Å². The van der Waals surface area contributed by atoms with Gasteiger partial charge in [0.1, 0.15) is 5.54 Å². The van der Waals surface area contributed by atoms with Crippen molar-refractivity contribution in [2.45, 2.75) is 76.4 Å². The van der Waals surface area contributed by atoms with Crippen LogP contribution in [0.3, 0.4) is 0 Å². The summed E-state index contributed by atoms with van der Waals surface area (Å²) in [6.45, 7) is 5.16. The average molecular weight is 282 g/mol. The number of hydrogen-bond donors (Lipinski definition) is 1. The minimum Gasteiger partial charge on any atom is -0.468 e. The standard InChI is InChI=1S/C16H30N2O2/c1-12(11-16(2,17)15(19)20-3)18-10-6-8-13-7-4-5-9-14(13)18/h12-14H,4-11,17H2,1-3H3/t12?,13-,14-,16?/m1/s1. The minimum absolute atomic E-state index is 0.304. The van der Waals surface area contributed by atoms with Crippen LogP contribution in [0.15, 0.2) is 0 Å². The van der Waals surface area contributed by atoms with Gasteiger partial charge in [-0.3, -0.25) is 9.69 Å². The molecule has 4 nitrogen and oxygen atoms in total. The van der Waals surface area contributed by atoms with Crippen LogP contribution in [0.4, 0.5) is 0 Å². The van der Waals surface area contributed by atoms with Gasteiger partial charge in [-0.15, -0.1) is 0 Å². The van der Waals surface area contributed by atoms with Gasteiger partial charge in [-0.2, -0.15) is 0 Å². The van der Waals surface area contributed by atoms with Crippen LogP contribution in [0.1, 0.15) is 58.8 Å². The van der Waals surface area contributed by atoms with Crippen LogP contribution >= 0.6 is 0 Å². The molecule has 0 radical (unpaired) electrons. The van der Waals surface area contributed by atoms with Crippen molar-refractivity contribution >= 4 is 5.97 Å². The van der Waals surface area contributed by atoms with Crippen LogP contribution in [0.25, 0.3) is 0 Å². The molecule has 1 heterocycles. The van der Waals surface area contributed by atoms with E-state index in [4.69, 9.17) is 10.5 Å². The molecule has 2 N–H and O–H groups in total.